The van der Waals surface area contributed by atoms with Crippen molar-refractivity contribution in [2.24, 2.45) is 0 Å². The number of carbonyl (C=O) groups is 2. The summed E-state index contributed by atoms with van der Waals surface area (Å²) in [5.74, 6) is 0.905. The van der Waals surface area contributed by atoms with Crippen LogP contribution >= 0.6 is 27.7 Å². The molecule has 1 saturated heterocycles. The van der Waals surface area contributed by atoms with Crippen molar-refractivity contribution in [3.63, 3.8) is 0 Å². The van der Waals surface area contributed by atoms with Gasteiger partial charge in [0.05, 0.1) is 10.6 Å². The Morgan fingerprint density at radius 3 is 2.50 bits per heavy atom. The van der Waals surface area contributed by atoms with Gasteiger partial charge in [0.2, 0.25) is 0 Å². The number of hydrogen-bond donors (Lipinski definition) is 0. The summed E-state index contributed by atoms with van der Waals surface area (Å²) in [6.07, 6.45) is 1.62. The van der Waals surface area contributed by atoms with Crippen LogP contribution in [0, 0.1) is 13.8 Å². The molecule has 1 aliphatic rings. The first-order valence-corrected chi connectivity index (χ1v) is 10.2. The molecule has 2 amide bonds. The Balaban J connectivity index is 1.63. The zero-order chi connectivity index (χ0) is 19.8. The number of carbonyl (C=O) groups excluding carboxylic acids is 2. The molecular weight excluding hydrogens is 438 g/mol. The molecule has 4 rings (SSSR count). The summed E-state index contributed by atoms with van der Waals surface area (Å²) in [6.45, 7) is 3.82. The van der Waals surface area contributed by atoms with Gasteiger partial charge in [-0.2, -0.15) is 0 Å². The molecule has 0 saturated carbocycles. The van der Waals surface area contributed by atoms with Gasteiger partial charge in [-0.3, -0.25) is 9.59 Å². The maximum atomic E-state index is 12.9. The highest BCUT2D eigenvalue weighted by atomic mass is 79.9. The highest BCUT2D eigenvalue weighted by molar-refractivity contribution is 9.10. The Morgan fingerprint density at radius 1 is 1.00 bits per heavy atom. The van der Waals surface area contributed by atoms with Crippen LogP contribution in [-0.4, -0.2) is 11.1 Å². The highest BCUT2D eigenvalue weighted by Gasteiger charge is 2.37. The van der Waals surface area contributed by atoms with Crippen molar-refractivity contribution in [2.45, 2.75) is 13.8 Å². The molecule has 28 heavy (non-hydrogen) atoms. The lowest BCUT2D eigenvalue weighted by Crippen LogP contribution is -2.28. The fraction of sp³-hybridized carbons (Fsp3) is 0.0909. The molecule has 1 aliphatic heterocycles. The summed E-state index contributed by atoms with van der Waals surface area (Å²) < 4.78 is 6.84. The van der Waals surface area contributed by atoms with Crippen molar-refractivity contribution in [3.8, 4) is 11.3 Å². The smallest absolute Gasteiger partial charge is 0.298 e. The fourth-order valence-corrected chi connectivity index (χ4v) is 4.04. The standard InChI is InChI=1S/C22H16BrNO3S/c1-13-3-4-14(2)18(11-13)24-21(25)20(28-22(24)26)12-17-9-10-19(27-17)15-5-7-16(23)8-6-15/h3-12H,1-2H3/b20-12+. The third-order valence-electron chi connectivity index (χ3n) is 4.43. The molecule has 2 heterocycles. The number of hydrogen-bond acceptors (Lipinski definition) is 4. The monoisotopic (exact) mass is 453 g/mol. The van der Waals surface area contributed by atoms with Gasteiger partial charge in [0.1, 0.15) is 11.5 Å². The third-order valence-corrected chi connectivity index (χ3v) is 5.83. The Labute approximate surface area is 175 Å². The van der Waals surface area contributed by atoms with Gasteiger partial charge in [-0.25, -0.2) is 4.90 Å². The zero-order valence-electron chi connectivity index (χ0n) is 15.2. The Kier molecular flexibility index (Phi) is 5.00. The molecule has 140 valence electrons. The van der Waals surface area contributed by atoms with Crippen molar-refractivity contribution in [1.29, 1.82) is 0 Å². The van der Waals surface area contributed by atoms with Gasteiger partial charge in [0, 0.05) is 16.1 Å². The maximum Gasteiger partial charge on any atom is 0.298 e. The number of thioether (sulfide) groups is 1. The second-order valence-electron chi connectivity index (χ2n) is 6.52. The lowest BCUT2D eigenvalue weighted by Gasteiger charge is -2.15. The predicted molar refractivity (Wildman–Crippen MR) is 116 cm³/mol. The van der Waals surface area contributed by atoms with E-state index in [9.17, 15) is 9.59 Å². The number of rotatable bonds is 3. The number of halogens is 1. The van der Waals surface area contributed by atoms with Crippen LogP contribution in [0.3, 0.4) is 0 Å². The second kappa shape index (κ2) is 7.45. The molecule has 1 aromatic heterocycles. The molecule has 1 fully saturated rings. The van der Waals surface area contributed by atoms with Crippen LogP contribution in [0.1, 0.15) is 16.9 Å². The van der Waals surface area contributed by atoms with Crippen molar-refractivity contribution in [2.75, 3.05) is 4.90 Å². The zero-order valence-corrected chi connectivity index (χ0v) is 17.6. The SMILES string of the molecule is Cc1ccc(C)c(N2C(=O)S/C(=C/c3ccc(-c4ccc(Br)cc4)o3)C2=O)c1. The van der Waals surface area contributed by atoms with E-state index in [1.807, 2.05) is 62.4 Å². The molecule has 2 aromatic carbocycles. The van der Waals surface area contributed by atoms with Crippen LogP contribution in [0.4, 0.5) is 10.5 Å². The van der Waals surface area contributed by atoms with E-state index in [0.29, 0.717) is 22.1 Å². The van der Waals surface area contributed by atoms with Gasteiger partial charge in [-0.1, -0.05) is 40.2 Å². The summed E-state index contributed by atoms with van der Waals surface area (Å²) in [5, 5.41) is -0.301. The number of amides is 2. The molecular formula is C22H16BrNO3S. The minimum Gasteiger partial charge on any atom is -0.457 e. The van der Waals surface area contributed by atoms with Gasteiger partial charge in [0.25, 0.3) is 11.1 Å². The van der Waals surface area contributed by atoms with Gasteiger partial charge in [-0.05, 0) is 67.1 Å². The minimum absolute atomic E-state index is 0.301. The van der Waals surface area contributed by atoms with Crippen LogP contribution < -0.4 is 4.90 Å². The number of anilines is 1. The van der Waals surface area contributed by atoms with Crippen molar-refractivity contribution >= 4 is 50.6 Å². The predicted octanol–water partition coefficient (Wildman–Crippen LogP) is 6.57. The number of benzene rings is 2. The quantitative estimate of drug-likeness (QED) is 0.420. The van der Waals surface area contributed by atoms with E-state index < -0.39 is 0 Å². The van der Waals surface area contributed by atoms with E-state index in [0.717, 1.165) is 32.9 Å². The first-order chi connectivity index (χ1) is 13.4. The van der Waals surface area contributed by atoms with Crippen molar-refractivity contribution < 1.29 is 14.0 Å². The summed E-state index contributed by atoms with van der Waals surface area (Å²) in [4.78, 5) is 27.0. The van der Waals surface area contributed by atoms with Crippen LogP contribution in [0.2, 0.25) is 0 Å². The molecule has 0 bridgehead atoms. The van der Waals surface area contributed by atoms with Gasteiger partial charge in [0.15, 0.2) is 0 Å². The Bertz CT molecular complexity index is 1120. The first kappa shape index (κ1) is 18.8. The van der Waals surface area contributed by atoms with E-state index in [2.05, 4.69) is 15.9 Å². The van der Waals surface area contributed by atoms with Crippen LogP contribution in [0.15, 0.2) is 68.4 Å². The highest BCUT2D eigenvalue weighted by Crippen LogP contribution is 2.38. The number of nitrogens with zero attached hydrogens (tertiary/aromatic N) is 1. The molecule has 3 aromatic rings. The number of aryl methyl sites for hydroxylation is 2. The maximum absolute atomic E-state index is 12.9. The molecule has 6 heteroatoms. The largest absolute Gasteiger partial charge is 0.457 e. The average Bonchev–Trinajstić information content (AvgIpc) is 3.23. The van der Waals surface area contributed by atoms with Crippen LogP contribution in [-0.2, 0) is 4.79 Å². The topological polar surface area (TPSA) is 50.5 Å². The fourth-order valence-electron chi connectivity index (χ4n) is 2.96. The first-order valence-electron chi connectivity index (χ1n) is 8.63. The summed E-state index contributed by atoms with van der Waals surface area (Å²) in [6, 6.07) is 17.1. The van der Waals surface area contributed by atoms with Gasteiger partial charge in [-0.15, -0.1) is 0 Å². The number of imide groups is 1. The second-order valence-corrected chi connectivity index (χ2v) is 8.42. The Hall–Kier alpha value is -2.57. The van der Waals surface area contributed by atoms with Crippen LogP contribution in [0.5, 0.6) is 0 Å². The molecule has 0 unspecified atom stereocenters. The molecule has 0 radical (unpaired) electrons. The summed E-state index contributed by atoms with van der Waals surface area (Å²) in [5.41, 5.74) is 3.44. The van der Waals surface area contributed by atoms with Crippen molar-refractivity contribution in [3.05, 3.63) is 80.9 Å². The summed E-state index contributed by atoms with van der Waals surface area (Å²) in [7, 11) is 0. The van der Waals surface area contributed by atoms with E-state index in [-0.39, 0.29) is 11.1 Å². The average molecular weight is 454 g/mol. The Morgan fingerprint density at radius 2 is 1.75 bits per heavy atom. The minimum atomic E-state index is -0.328. The normalized spacial score (nSPS) is 15.7. The van der Waals surface area contributed by atoms with Gasteiger partial charge >= 0.3 is 0 Å². The van der Waals surface area contributed by atoms with E-state index in [1.54, 1.807) is 12.1 Å². The molecule has 0 aliphatic carbocycles. The van der Waals surface area contributed by atoms with Crippen LogP contribution in [0.25, 0.3) is 17.4 Å². The molecule has 0 spiro atoms. The molecule has 0 N–H and O–H groups in total. The third kappa shape index (κ3) is 3.57. The van der Waals surface area contributed by atoms with E-state index in [1.165, 1.54) is 4.90 Å². The van der Waals surface area contributed by atoms with Gasteiger partial charge < -0.3 is 4.42 Å². The molecule has 4 nitrogen and oxygen atoms in total. The van der Waals surface area contributed by atoms with Crippen molar-refractivity contribution in [1.82, 2.24) is 0 Å². The lowest BCUT2D eigenvalue weighted by atomic mass is 10.1. The van der Waals surface area contributed by atoms with E-state index in [4.69, 9.17) is 4.42 Å². The van der Waals surface area contributed by atoms with E-state index >= 15 is 0 Å². The lowest BCUT2D eigenvalue weighted by molar-refractivity contribution is -0.113. The molecule has 0 atom stereocenters. The number of furan rings is 1. The summed E-state index contributed by atoms with van der Waals surface area (Å²) >= 11 is 4.34.